The van der Waals surface area contributed by atoms with Crippen molar-refractivity contribution >= 4 is 12.1 Å². The Labute approximate surface area is 158 Å². The Balaban J connectivity index is 1.72. The van der Waals surface area contributed by atoms with Crippen molar-refractivity contribution in [3.05, 3.63) is 82.2 Å². The van der Waals surface area contributed by atoms with Crippen LogP contribution in [-0.2, 0) is 6.54 Å². The van der Waals surface area contributed by atoms with Gasteiger partial charge < -0.3 is 5.11 Å². The number of phenolic OH excluding ortho intramolecular Hbond substituents is 1. The minimum Gasteiger partial charge on any atom is -0.507 e. The van der Waals surface area contributed by atoms with E-state index in [1.807, 2.05) is 18.5 Å². The number of amides is 1. The molecule has 0 bridgehead atoms. The second-order valence-electron chi connectivity index (χ2n) is 6.44. The number of hydrogen-bond acceptors (Lipinski definition) is 4. The van der Waals surface area contributed by atoms with Crippen LogP contribution in [-0.4, -0.2) is 27.0 Å². The Bertz CT molecular complexity index is 988. The Morgan fingerprint density at radius 1 is 1.15 bits per heavy atom. The molecule has 138 valence electrons. The summed E-state index contributed by atoms with van der Waals surface area (Å²) in [7, 11) is 0. The Morgan fingerprint density at radius 2 is 1.85 bits per heavy atom. The smallest absolute Gasteiger partial charge is 0.275 e. The van der Waals surface area contributed by atoms with Crippen LogP contribution in [0.5, 0.6) is 5.75 Å². The van der Waals surface area contributed by atoms with E-state index in [0.29, 0.717) is 6.54 Å². The van der Waals surface area contributed by atoms with Crippen molar-refractivity contribution in [1.29, 1.82) is 0 Å². The van der Waals surface area contributed by atoms with Crippen LogP contribution in [0, 0.1) is 20.8 Å². The quantitative estimate of drug-likeness (QED) is 0.540. The molecule has 0 spiro atoms. The number of para-hydroxylation sites is 1. The Morgan fingerprint density at radius 3 is 2.56 bits per heavy atom. The molecule has 0 aliphatic heterocycles. The third kappa shape index (κ3) is 4.23. The number of carbonyl (C=O) groups is 1. The molecule has 0 fully saturated rings. The first-order valence-corrected chi connectivity index (χ1v) is 8.66. The third-order valence-electron chi connectivity index (χ3n) is 4.40. The first kappa shape index (κ1) is 18.4. The van der Waals surface area contributed by atoms with Gasteiger partial charge in [-0.05, 0) is 38.5 Å². The summed E-state index contributed by atoms with van der Waals surface area (Å²) >= 11 is 0. The van der Waals surface area contributed by atoms with Crippen molar-refractivity contribution in [1.82, 2.24) is 15.2 Å². The number of hydrogen-bond donors (Lipinski definition) is 2. The fourth-order valence-corrected chi connectivity index (χ4v) is 2.80. The number of nitrogens with zero attached hydrogens (tertiary/aromatic N) is 3. The van der Waals surface area contributed by atoms with Crippen molar-refractivity contribution in [2.45, 2.75) is 27.3 Å². The third-order valence-corrected chi connectivity index (χ3v) is 4.40. The standard InChI is InChI=1S/C21H22N4O2/c1-14-8-10-17(11-9-14)13-25-16(3)19(15(2)24-25)12-22-23-21(27)18-6-4-5-7-20(18)26/h4-12,26H,13H2,1-3H3,(H,23,27)/b22-12-. The number of aromatic nitrogens is 2. The van der Waals surface area contributed by atoms with Gasteiger partial charge in [0.05, 0.1) is 24.0 Å². The number of carbonyl (C=O) groups excluding carboxylic acids is 1. The first-order chi connectivity index (χ1) is 13.0. The molecule has 0 aliphatic rings. The number of benzene rings is 2. The van der Waals surface area contributed by atoms with Gasteiger partial charge in [-0.3, -0.25) is 9.48 Å². The average Bonchev–Trinajstić information content (AvgIpc) is 2.91. The Hall–Kier alpha value is -3.41. The lowest BCUT2D eigenvalue weighted by atomic mass is 10.1. The number of hydrazone groups is 1. The van der Waals surface area contributed by atoms with E-state index in [-0.39, 0.29) is 11.3 Å². The highest BCUT2D eigenvalue weighted by Crippen LogP contribution is 2.16. The van der Waals surface area contributed by atoms with Gasteiger partial charge in [0.25, 0.3) is 5.91 Å². The van der Waals surface area contributed by atoms with E-state index in [1.54, 1.807) is 18.3 Å². The van der Waals surface area contributed by atoms with Gasteiger partial charge in [0.2, 0.25) is 0 Å². The van der Waals surface area contributed by atoms with E-state index in [4.69, 9.17) is 0 Å². The van der Waals surface area contributed by atoms with Crippen LogP contribution in [0.4, 0.5) is 0 Å². The van der Waals surface area contributed by atoms with Crippen LogP contribution in [0.3, 0.4) is 0 Å². The van der Waals surface area contributed by atoms with Gasteiger partial charge in [-0.1, -0.05) is 42.0 Å². The zero-order valence-electron chi connectivity index (χ0n) is 15.6. The van der Waals surface area contributed by atoms with E-state index < -0.39 is 5.91 Å². The van der Waals surface area contributed by atoms with Crippen molar-refractivity contribution in [2.75, 3.05) is 0 Å². The van der Waals surface area contributed by atoms with Crippen LogP contribution in [0.2, 0.25) is 0 Å². The van der Waals surface area contributed by atoms with Crippen molar-refractivity contribution < 1.29 is 9.90 Å². The average molecular weight is 362 g/mol. The minimum atomic E-state index is -0.466. The molecular weight excluding hydrogens is 340 g/mol. The predicted molar refractivity (Wildman–Crippen MR) is 105 cm³/mol. The number of aryl methyl sites for hydroxylation is 2. The number of rotatable bonds is 5. The SMILES string of the molecule is Cc1ccc(Cn2nc(C)c(/C=N\NC(=O)c3ccccc3O)c2C)cc1. The van der Waals surface area contributed by atoms with E-state index in [9.17, 15) is 9.90 Å². The van der Waals surface area contributed by atoms with Gasteiger partial charge in [-0.2, -0.15) is 10.2 Å². The molecule has 0 aliphatic carbocycles. The summed E-state index contributed by atoms with van der Waals surface area (Å²) in [5, 5.41) is 18.3. The summed E-state index contributed by atoms with van der Waals surface area (Å²) < 4.78 is 1.92. The van der Waals surface area contributed by atoms with Gasteiger partial charge >= 0.3 is 0 Å². The van der Waals surface area contributed by atoms with E-state index in [2.05, 4.69) is 46.8 Å². The second-order valence-corrected chi connectivity index (χ2v) is 6.44. The number of phenols is 1. The first-order valence-electron chi connectivity index (χ1n) is 8.66. The van der Waals surface area contributed by atoms with Crippen molar-refractivity contribution in [3.8, 4) is 5.75 Å². The normalized spacial score (nSPS) is 11.1. The van der Waals surface area contributed by atoms with Gasteiger partial charge in [0, 0.05) is 11.3 Å². The molecule has 0 unspecified atom stereocenters. The maximum atomic E-state index is 12.1. The molecular formula is C21H22N4O2. The van der Waals surface area contributed by atoms with Crippen LogP contribution in [0.1, 0.15) is 38.4 Å². The summed E-state index contributed by atoms with van der Waals surface area (Å²) in [5.74, 6) is -0.546. The predicted octanol–water partition coefficient (Wildman–Crippen LogP) is 3.33. The highest BCUT2D eigenvalue weighted by molar-refractivity contribution is 5.97. The fourth-order valence-electron chi connectivity index (χ4n) is 2.80. The highest BCUT2D eigenvalue weighted by atomic mass is 16.3. The molecule has 2 N–H and O–H groups in total. The van der Waals surface area contributed by atoms with Gasteiger partial charge in [-0.15, -0.1) is 0 Å². The summed E-state index contributed by atoms with van der Waals surface area (Å²) in [6.07, 6.45) is 1.58. The Kier molecular flexibility index (Phi) is 5.35. The number of nitrogens with one attached hydrogen (secondary N) is 1. The highest BCUT2D eigenvalue weighted by Gasteiger charge is 2.11. The minimum absolute atomic E-state index is 0.0801. The van der Waals surface area contributed by atoms with Gasteiger partial charge in [-0.25, -0.2) is 5.43 Å². The van der Waals surface area contributed by atoms with E-state index in [1.165, 1.54) is 23.3 Å². The second kappa shape index (κ2) is 7.86. The van der Waals surface area contributed by atoms with Gasteiger partial charge in [0.15, 0.2) is 0 Å². The summed E-state index contributed by atoms with van der Waals surface area (Å²) in [5.41, 5.74) is 7.67. The largest absolute Gasteiger partial charge is 0.507 e. The molecule has 1 heterocycles. The monoisotopic (exact) mass is 362 g/mol. The maximum Gasteiger partial charge on any atom is 0.275 e. The van der Waals surface area contributed by atoms with Crippen LogP contribution < -0.4 is 5.43 Å². The molecule has 27 heavy (non-hydrogen) atoms. The molecule has 3 rings (SSSR count). The molecule has 3 aromatic rings. The summed E-state index contributed by atoms with van der Waals surface area (Å²) in [6, 6.07) is 14.7. The molecule has 6 heteroatoms. The van der Waals surface area contributed by atoms with Crippen LogP contribution in [0.25, 0.3) is 0 Å². The van der Waals surface area contributed by atoms with Gasteiger partial charge in [0.1, 0.15) is 5.75 Å². The molecule has 0 atom stereocenters. The zero-order chi connectivity index (χ0) is 19.4. The van der Waals surface area contributed by atoms with Crippen molar-refractivity contribution in [3.63, 3.8) is 0 Å². The summed E-state index contributed by atoms with van der Waals surface area (Å²) in [6.45, 7) is 6.61. The topological polar surface area (TPSA) is 79.5 Å². The lowest BCUT2D eigenvalue weighted by molar-refractivity contribution is 0.0952. The molecule has 0 radical (unpaired) electrons. The van der Waals surface area contributed by atoms with E-state index >= 15 is 0 Å². The molecule has 0 saturated heterocycles. The van der Waals surface area contributed by atoms with Crippen LogP contribution in [0.15, 0.2) is 53.6 Å². The molecule has 0 saturated carbocycles. The fraction of sp³-hybridized carbons (Fsp3) is 0.190. The van der Waals surface area contributed by atoms with E-state index in [0.717, 1.165) is 17.0 Å². The lowest BCUT2D eigenvalue weighted by Gasteiger charge is -2.05. The molecule has 1 aromatic heterocycles. The van der Waals surface area contributed by atoms with Crippen molar-refractivity contribution in [2.24, 2.45) is 5.10 Å². The van der Waals surface area contributed by atoms with Crippen LogP contribution >= 0.6 is 0 Å². The maximum absolute atomic E-state index is 12.1. The lowest BCUT2D eigenvalue weighted by Crippen LogP contribution is -2.17. The number of aromatic hydroxyl groups is 1. The summed E-state index contributed by atoms with van der Waals surface area (Å²) in [4.78, 5) is 12.1. The molecule has 1 amide bonds. The molecule has 6 nitrogen and oxygen atoms in total. The molecule has 2 aromatic carbocycles. The zero-order valence-corrected chi connectivity index (χ0v) is 15.6.